The summed E-state index contributed by atoms with van der Waals surface area (Å²) in [5.41, 5.74) is 1.08. The first-order valence-electron chi connectivity index (χ1n) is 9.59. The third-order valence-electron chi connectivity index (χ3n) is 4.89. The summed E-state index contributed by atoms with van der Waals surface area (Å²) in [6.07, 6.45) is 6.28. The molecule has 1 fully saturated rings. The van der Waals surface area contributed by atoms with E-state index in [1.54, 1.807) is 7.11 Å². The molecule has 1 aliphatic heterocycles. The zero-order chi connectivity index (χ0) is 19.0. The summed E-state index contributed by atoms with van der Waals surface area (Å²) in [6, 6.07) is 8.03. The smallest absolute Gasteiger partial charge is 0.303 e. The van der Waals surface area contributed by atoms with Crippen molar-refractivity contribution in [2.75, 3.05) is 13.7 Å². The van der Waals surface area contributed by atoms with Crippen LogP contribution in [0.5, 0.6) is 5.75 Å². The van der Waals surface area contributed by atoms with Gasteiger partial charge in [0.25, 0.3) is 0 Å². The van der Waals surface area contributed by atoms with Crippen LogP contribution >= 0.6 is 0 Å². The van der Waals surface area contributed by atoms with Gasteiger partial charge in [-0.25, -0.2) is 0 Å². The molecule has 2 rings (SSSR count). The molecule has 1 saturated heterocycles. The Bertz CT molecular complexity index is 569. The Morgan fingerprint density at radius 2 is 1.88 bits per heavy atom. The number of para-hydroxylation sites is 1. The van der Waals surface area contributed by atoms with Crippen molar-refractivity contribution in [3.63, 3.8) is 0 Å². The Morgan fingerprint density at radius 1 is 1.19 bits per heavy atom. The Kier molecular flexibility index (Phi) is 7.91. The highest BCUT2D eigenvalue weighted by Crippen LogP contribution is 2.42. The van der Waals surface area contributed by atoms with Crippen LogP contribution in [0.4, 0.5) is 0 Å². The minimum absolute atomic E-state index is 0.0399. The molecule has 0 saturated carbocycles. The quantitative estimate of drug-likeness (QED) is 0.595. The molecule has 0 spiro atoms. The molecule has 1 aromatic rings. The maximum Gasteiger partial charge on any atom is 0.303 e. The molecular weight excluding hydrogens is 332 g/mol. The van der Waals surface area contributed by atoms with Crippen LogP contribution in [0.2, 0.25) is 0 Å². The van der Waals surface area contributed by atoms with Crippen LogP contribution in [-0.2, 0) is 14.3 Å². The van der Waals surface area contributed by atoms with E-state index in [1.807, 2.05) is 32.0 Å². The molecule has 1 aromatic carbocycles. The lowest BCUT2D eigenvalue weighted by atomic mass is 9.89. The number of aliphatic carboxylic acids is 1. The van der Waals surface area contributed by atoms with Crippen LogP contribution in [0.3, 0.4) is 0 Å². The fourth-order valence-corrected chi connectivity index (χ4v) is 3.50. The second kappa shape index (κ2) is 9.93. The number of unbranched alkanes of at least 4 members (excludes halogenated alkanes) is 4. The van der Waals surface area contributed by atoms with E-state index >= 15 is 0 Å². The first-order valence-corrected chi connectivity index (χ1v) is 9.59. The third kappa shape index (κ3) is 6.29. The second-order valence-corrected chi connectivity index (χ2v) is 7.45. The van der Waals surface area contributed by atoms with Crippen LogP contribution in [0.25, 0.3) is 0 Å². The number of hydrogen-bond acceptors (Lipinski definition) is 4. The fourth-order valence-electron chi connectivity index (χ4n) is 3.50. The van der Waals surface area contributed by atoms with Crippen molar-refractivity contribution < 1.29 is 24.1 Å². The molecule has 5 heteroatoms. The first-order chi connectivity index (χ1) is 12.4. The van der Waals surface area contributed by atoms with Crippen molar-refractivity contribution >= 4 is 5.97 Å². The van der Waals surface area contributed by atoms with E-state index in [2.05, 4.69) is 6.07 Å². The summed E-state index contributed by atoms with van der Waals surface area (Å²) < 4.78 is 17.7. The molecule has 0 aliphatic carbocycles. The molecule has 0 radical (unpaired) electrons. The first kappa shape index (κ1) is 20.7. The average molecular weight is 364 g/mol. The summed E-state index contributed by atoms with van der Waals surface area (Å²) in [6.45, 7) is 4.58. The van der Waals surface area contributed by atoms with Crippen molar-refractivity contribution in [3.05, 3.63) is 29.8 Å². The number of carboxylic acids is 1. The van der Waals surface area contributed by atoms with Gasteiger partial charge >= 0.3 is 5.97 Å². The van der Waals surface area contributed by atoms with Gasteiger partial charge in [-0.15, -0.1) is 0 Å². The van der Waals surface area contributed by atoms with Crippen molar-refractivity contribution in [1.82, 2.24) is 0 Å². The molecule has 0 aromatic heterocycles. The maximum atomic E-state index is 10.5. The van der Waals surface area contributed by atoms with Crippen LogP contribution in [0, 0.1) is 5.92 Å². The molecule has 0 bridgehead atoms. The molecule has 26 heavy (non-hydrogen) atoms. The van der Waals surface area contributed by atoms with Gasteiger partial charge in [0.05, 0.1) is 19.8 Å². The summed E-state index contributed by atoms with van der Waals surface area (Å²) in [5, 5.41) is 8.67. The summed E-state index contributed by atoms with van der Waals surface area (Å²) in [5.74, 6) is -0.158. The number of methoxy groups -OCH3 is 1. The average Bonchev–Trinajstić information content (AvgIpc) is 2.61. The number of carbonyl (C=O) groups is 1. The topological polar surface area (TPSA) is 65.0 Å². The highest BCUT2D eigenvalue weighted by Gasteiger charge is 2.38. The predicted molar refractivity (Wildman–Crippen MR) is 100 cm³/mol. The lowest BCUT2D eigenvalue weighted by Gasteiger charge is -2.41. The molecule has 146 valence electrons. The van der Waals surface area contributed by atoms with Gasteiger partial charge in [0, 0.05) is 17.9 Å². The van der Waals surface area contributed by atoms with Gasteiger partial charge in [-0.2, -0.15) is 0 Å². The largest absolute Gasteiger partial charge is 0.496 e. The zero-order valence-electron chi connectivity index (χ0n) is 16.2. The number of carboxylic acid groups (broad SMARTS) is 1. The Labute approximate surface area is 156 Å². The Balaban J connectivity index is 1.90. The number of rotatable bonds is 10. The molecule has 1 N–H and O–H groups in total. The Morgan fingerprint density at radius 3 is 2.62 bits per heavy atom. The normalized spacial score (nSPS) is 22.1. The van der Waals surface area contributed by atoms with Crippen molar-refractivity contribution in [1.29, 1.82) is 0 Å². The lowest BCUT2D eigenvalue weighted by Crippen LogP contribution is -2.41. The van der Waals surface area contributed by atoms with Crippen molar-refractivity contribution in [3.8, 4) is 5.75 Å². The molecule has 1 aliphatic rings. The molecular formula is C21H32O5. The fraction of sp³-hybridized carbons (Fsp3) is 0.667. The van der Waals surface area contributed by atoms with Gasteiger partial charge < -0.3 is 19.3 Å². The van der Waals surface area contributed by atoms with Gasteiger partial charge in [0.1, 0.15) is 5.75 Å². The van der Waals surface area contributed by atoms with E-state index in [0.29, 0.717) is 12.5 Å². The van der Waals surface area contributed by atoms with Crippen LogP contribution in [0.1, 0.15) is 70.5 Å². The SMILES string of the molecule is COc1ccccc1[C@H]1OC(C)(C)OC[C@H]1CCCCCCCC(=O)O. The standard InChI is InChI=1S/C21H32O5/c1-21(2)25-15-16(11-7-5-4-6-8-14-19(22)23)20(26-21)17-12-9-10-13-18(17)24-3/h9-10,12-13,16,20H,4-8,11,14-15H2,1-3H3,(H,22,23)/t16-,20+/m1/s1. The summed E-state index contributed by atoms with van der Waals surface area (Å²) in [4.78, 5) is 10.5. The molecule has 5 nitrogen and oxygen atoms in total. The minimum Gasteiger partial charge on any atom is -0.496 e. The van der Waals surface area contributed by atoms with Crippen molar-refractivity contribution in [2.45, 2.75) is 70.7 Å². The second-order valence-electron chi connectivity index (χ2n) is 7.45. The van der Waals surface area contributed by atoms with E-state index in [1.165, 1.54) is 0 Å². The van der Waals surface area contributed by atoms with E-state index < -0.39 is 11.8 Å². The third-order valence-corrected chi connectivity index (χ3v) is 4.89. The van der Waals surface area contributed by atoms with E-state index in [0.717, 1.165) is 49.8 Å². The van der Waals surface area contributed by atoms with E-state index in [4.69, 9.17) is 19.3 Å². The van der Waals surface area contributed by atoms with E-state index in [-0.39, 0.29) is 12.5 Å². The van der Waals surface area contributed by atoms with Crippen LogP contribution in [-0.4, -0.2) is 30.6 Å². The number of benzene rings is 1. The van der Waals surface area contributed by atoms with E-state index in [9.17, 15) is 4.79 Å². The number of hydrogen-bond donors (Lipinski definition) is 1. The Hall–Kier alpha value is -1.59. The summed E-state index contributed by atoms with van der Waals surface area (Å²) >= 11 is 0. The van der Waals surface area contributed by atoms with Gasteiger partial charge in [-0.05, 0) is 32.8 Å². The zero-order valence-corrected chi connectivity index (χ0v) is 16.2. The van der Waals surface area contributed by atoms with Gasteiger partial charge in [0.2, 0.25) is 0 Å². The maximum absolute atomic E-state index is 10.5. The minimum atomic E-state index is -0.705. The lowest BCUT2D eigenvalue weighted by molar-refractivity contribution is -0.296. The van der Waals surface area contributed by atoms with Crippen molar-refractivity contribution in [2.24, 2.45) is 5.92 Å². The predicted octanol–water partition coefficient (Wildman–Crippen LogP) is 4.95. The highest BCUT2D eigenvalue weighted by molar-refractivity contribution is 5.66. The van der Waals surface area contributed by atoms with Gasteiger partial charge in [0.15, 0.2) is 5.79 Å². The van der Waals surface area contributed by atoms with Gasteiger partial charge in [-0.1, -0.05) is 43.9 Å². The molecule has 2 atom stereocenters. The van der Waals surface area contributed by atoms with Gasteiger partial charge in [-0.3, -0.25) is 4.79 Å². The van der Waals surface area contributed by atoms with Crippen LogP contribution < -0.4 is 4.74 Å². The monoisotopic (exact) mass is 364 g/mol. The highest BCUT2D eigenvalue weighted by atomic mass is 16.7. The molecule has 0 unspecified atom stereocenters. The molecule has 0 amide bonds. The van der Waals surface area contributed by atoms with Crippen LogP contribution in [0.15, 0.2) is 24.3 Å². The summed E-state index contributed by atoms with van der Waals surface area (Å²) in [7, 11) is 1.69. The number of ether oxygens (including phenoxy) is 3. The molecule has 1 heterocycles.